The molecule has 1 aliphatic heterocycles. The fraction of sp³-hybridized carbons (Fsp3) is 0.364. The van der Waals surface area contributed by atoms with Gasteiger partial charge in [0.15, 0.2) is 4.84 Å². The lowest BCUT2D eigenvalue weighted by atomic mass is 10.1. The summed E-state index contributed by atoms with van der Waals surface area (Å²) in [6, 6.07) is 5.86. The van der Waals surface area contributed by atoms with Crippen LogP contribution >= 0.6 is 23.2 Å². The van der Waals surface area contributed by atoms with Gasteiger partial charge in [-0.25, -0.2) is 0 Å². The zero-order chi connectivity index (χ0) is 11.7. The molecule has 1 aliphatic rings. The lowest BCUT2D eigenvalue weighted by molar-refractivity contribution is -0.118. The molecule has 1 aromatic rings. The van der Waals surface area contributed by atoms with Crippen molar-refractivity contribution < 1.29 is 9.53 Å². The summed E-state index contributed by atoms with van der Waals surface area (Å²) in [6.45, 7) is 2.68. The van der Waals surface area contributed by atoms with Crippen LogP contribution < -0.4 is 4.90 Å². The maximum atomic E-state index is 11.8. The Bertz CT molecular complexity index is 420. The van der Waals surface area contributed by atoms with Crippen LogP contribution in [-0.4, -0.2) is 17.5 Å². The third-order valence-electron chi connectivity index (χ3n) is 2.46. The van der Waals surface area contributed by atoms with E-state index in [9.17, 15) is 4.79 Å². The molecule has 2 rings (SSSR count). The van der Waals surface area contributed by atoms with E-state index in [4.69, 9.17) is 27.9 Å². The van der Waals surface area contributed by atoms with Crippen molar-refractivity contribution in [3.8, 4) is 0 Å². The minimum Gasteiger partial charge on any atom is -0.356 e. The summed E-state index contributed by atoms with van der Waals surface area (Å²) >= 11 is 11.2. The smallest absolute Gasteiger partial charge is 0.262 e. The van der Waals surface area contributed by atoms with Crippen LogP contribution in [0.1, 0.15) is 11.1 Å². The van der Waals surface area contributed by atoms with Crippen molar-refractivity contribution in [1.29, 1.82) is 0 Å². The van der Waals surface area contributed by atoms with Crippen molar-refractivity contribution in [1.82, 2.24) is 0 Å². The zero-order valence-electron chi connectivity index (χ0n) is 8.74. The van der Waals surface area contributed by atoms with Gasteiger partial charge in [-0.2, -0.15) is 0 Å². The van der Waals surface area contributed by atoms with Crippen molar-refractivity contribution in [2.45, 2.75) is 18.4 Å². The van der Waals surface area contributed by atoms with E-state index < -0.39 is 4.84 Å². The molecule has 0 aromatic heterocycles. The molecular weight excluding hydrogens is 249 g/mol. The fourth-order valence-corrected chi connectivity index (χ4v) is 1.90. The zero-order valence-corrected chi connectivity index (χ0v) is 10.3. The maximum Gasteiger partial charge on any atom is 0.262 e. The molecule has 0 atom stereocenters. The van der Waals surface area contributed by atoms with Gasteiger partial charge in [-0.3, -0.25) is 9.69 Å². The van der Waals surface area contributed by atoms with Crippen LogP contribution in [0.15, 0.2) is 18.2 Å². The average molecular weight is 260 g/mol. The lowest BCUT2D eigenvalue weighted by Gasteiger charge is -2.30. The molecule has 0 saturated carbocycles. The summed E-state index contributed by atoms with van der Waals surface area (Å²) in [6.07, 6.45) is 0. The van der Waals surface area contributed by atoms with E-state index in [2.05, 4.69) is 0 Å². The fourth-order valence-electron chi connectivity index (χ4n) is 1.66. The van der Waals surface area contributed by atoms with Crippen LogP contribution in [-0.2, 0) is 16.1 Å². The van der Waals surface area contributed by atoms with Crippen LogP contribution in [0.4, 0.5) is 5.69 Å². The Hall–Kier alpha value is -0.770. The maximum absolute atomic E-state index is 11.8. The van der Waals surface area contributed by atoms with Gasteiger partial charge >= 0.3 is 0 Å². The van der Waals surface area contributed by atoms with Gasteiger partial charge < -0.3 is 4.74 Å². The second-order valence-corrected chi connectivity index (χ2v) is 4.77. The van der Waals surface area contributed by atoms with Gasteiger partial charge in [-0.1, -0.05) is 35.3 Å². The molecule has 0 fully saturated rings. The van der Waals surface area contributed by atoms with E-state index in [-0.39, 0.29) is 12.6 Å². The summed E-state index contributed by atoms with van der Waals surface area (Å²) in [5.41, 5.74) is 2.89. The third-order valence-corrected chi connectivity index (χ3v) is 2.84. The Labute approximate surface area is 104 Å². The Morgan fingerprint density at radius 2 is 2.25 bits per heavy atom. The van der Waals surface area contributed by atoms with Gasteiger partial charge in [-0.15, -0.1) is 0 Å². The van der Waals surface area contributed by atoms with E-state index in [1.807, 2.05) is 25.1 Å². The third kappa shape index (κ3) is 2.17. The Kier molecular flexibility index (Phi) is 3.38. The number of alkyl halides is 2. The number of aryl methyl sites for hydroxylation is 1. The highest BCUT2D eigenvalue weighted by atomic mass is 35.5. The van der Waals surface area contributed by atoms with Gasteiger partial charge in [0.1, 0.15) is 6.73 Å². The Morgan fingerprint density at radius 3 is 2.94 bits per heavy atom. The van der Waals surface area contributed by atoms with E-state index in [1.54, 1.807) is 0 Å². The first-order valence-electron chi connectivity index (χ1n) is 4.86. The van der Waals surface area contributed by atoms with Crippen molar-refractivity contribution in [3.05, 3.63) is 29.3 Å². The van der Waals surface area contributed by atoms with Gasteiger partial charge in [0.25, 0.3) is 5.91 Å². The molecule has 16 heavy (non-hydrogen) atoms. The van der Waals surface area contributed by atoms with Crippen LogP contribution in [0.3, 0.4) is 0 Å². The molecule has 1 aromatic carbocycles. The minimum absolute atomic E-state index is 0.200. The van der Waals surface area contributed by atoms with Crippen molar-refractivity contribution in [2.75, 3.05) is 11.6 Å². The Morgan fingerprint density at radius 1 is 1.50 bits per heavy atom. The van der Waals surface area contributed by atoms with E-state index >= 15 is 0 Å². The molecule has 0 N–H and O–H groups in total. The monoisotopic (exact) mass is 259 g/mol. The van der Waals surface area contributed by atoms with Crippen molar-refractivity contribution >= 4 is 34.8 Å². The second-order valence-electron chi connectivity index (χ2n) is 3.68. The number of rotatable bonds is 1. The summed E-state index contributed by atoms with van der Waals surface area (Å²) in [4.78, 5) is 12.2. The predicted molar refractivity (Wildman–Crippen MR) is 63.8 cm³/mol. The molecule has 0 saturated heterocycles. The first-order chi connectivity index (χ1) is 7.59. The van der Waals surface area contributed by atoms with Crippen LogP contribution in [0.25, 0.3) is 0 Å². The standard InChI is InChI=1S/C11H11Cl2NO2/c1-7-2-3-8-5-16-6-14(9(8)4-7)11(15)10(12)13/h2-4,10H,5-6H2,1H3. The SMILES string of the molecule is Cc1ccc2c(c1)N(C(=O)C(Cl)Cl)COC2. The Balaban J connectivity index is 2.39. The van der Waals surface area contributed by atoms with Crippen molar-refractivity contribution in [3.63, 3.8) is 0 Å². The second kappa shape index (κ2) is 4.62. The van der Waals surface area contributed by atoms with Crippen LogP contribution in [0.2, 0.25) is 0 Å². The van der Waals surface area contributed by atoms with Crippen LogP contribution in [0.5, 0.6) is 0 Å². The van der Waals surface area contributed by atoms with Gasteiger partial charge in [0.2, 0.25) is 0 Å². The number of amides is 1. The van der Waals surface area contributed by atoms with Gasteiger partial charge in [0, 0.05) is 5.56 Å². The number of ether oxygens (including phenoxy) is 1. The summed E-state index contributed by atoms with van der Waals surface area (Å²) in [5.74, 6) is -0.352. The van der Waals surface area contributed by atoms with Gasteiger partial charge in [-0.05, 0) is 18.6 Å². The number of hydrogen-bond donors (Lipinski definition) is 0. The molecule has 5 heteroatoms. The number of hydrogen-bond acceptors (Lipinski definition) is 2. The highest BCUT2D eigenvalue weighted by Gasteiger charge is 2.26. The number of anilines is 1. The van der Waals surface area contributed by atoms with E-state index in [0.29, 0.717) is 6.61 Å². The number of halogens is 2. The van der Waals surface area contributed by atoms with Crippen LogP contribution in [0, 0.1) is 6.92 Å². The lowest BCUT2D eigenvalue weighted by Crippen LogP contribution is -2.39. The normalized spacial score (nSPS) is 15.1. The summed E-state index contributed by atoms with van der Waals surface area (Å²) in [5, 5.41) is 0. The average Bonchev–Trinajstić information content (AvgIpc) is 2.27. The van der Waals surface area contributed by atoms with E-state index in [0.717, 1.165) is 16.8 Å². The number of carbonyl (C=O) groups is 1. The summed E-state index contributed by atoms with van der Waals surface area (Å²) < 4.78 is 5.31. The topological polar surface area (TPSA) is 29.5 Å². The summed E-state index contributed by atoms with van der Waals surface area (Å²) in [7, 11) is 0. The molecule has 0 aliphatic carbocycles. The molecule has 0 radical (unpaired) electrons. The number of benzene rings is 1. The van der Waals surface area contributed by atoms with Crippen molar-refractivity contribution in [2.24, 2.45) is 0 Å². The minimum atomic E-state index is -1.06. The molecule has 0 unspecified atom stereocenters. The number of nitrogens with zero attached hydrogens (tertiary/aromatic N) is 1. The molecular formula is C11H11Cl2NO2. The first-order valence-corrected chi connectivity index (χ1v) is 5.73. The molecule has 3 nitrogen and oxygen atoms in total. The number of carbonyl (C=O) groups excluding carboxylic acids is 1. The number of fused-ring (bicyclic) bond motifs is 1. The van der Waals surface area contributed by atoms with E-state index in [1.165, 1.54) is 4.90 Å². The highest BCUT2D eigenvalue weighted by molar-refractivity contribution is 6.54. The highest BCUT2D eigenvalue weighted by Crippen LogP contribution is 2.28. The molecule has 0 spiro atoms. The molecule has 0 bridgehead atoms. The molecule has 86 valence electrons. The predicted octanol–water partition coefficient (Wildman–Crippen LogP) is 2.62. The molecule has 1 amide bonds. The quantitative estimate of drug-likeness (QED) is 0.726. The largest absolute Gasteiger partial charge is 0.356 e. The molecule has 1 heterocycles. The van der Waals surface area contributed by atoms with Gasteiger partial charge in [0.05, 0.1) is 12.3 Å². The first kappa shape index (κ1) is 11.7.